The quantitative estimate of drug-likeness (QED) is 0.880. The molecule has 0 aromatic carbocycles. The second-order valence-electron chi connectivity index (χ2n) is 5.16. The van der Waals surface area contributed by atoms with Crippen LogP contribution in [0.3, 0.4) is 0 Å². The van der Waals surface area contributed by atoms with E-state index in [1.165, 1.54) is 0 Å². The van der Waals surface area contributed by atoms with Crippen molar-refractivity contribution in [1.82, 2.24) is 9.88 Å². The number of nitrogens with zero attached hydrogens (tertiary/aromatic N) is 2. The molecule has 4 heteroatoms. The van der Waals surface area contributed by atoms with Crippen LogP contribution in [-0.2, 0) is 4.74 Å². The van der Waals surface area contributed by atoms with E-state index in [4.69, 9.17) is 10.5 Å². The van der Waals surface area contributed by atoms with Crippen molar-refractivity contribution in [1.29, 1.82) is 0 Å². The van der Waals surface area contributed by atoms with Crippen LogP contribution < -0.4 is 5.73 Å². The average Bonchev–Trinajstić information content (AvgIpc) is 2.76. The molecule has 1 aromatic rings. The van der Waals surface area contributed by atoms with Crippen molar-refractivity contribution >= 4 is 0 Å². The molecule has 4 atom stereocenters. The van der Waals surface area contributed by atoms with Gasteiger partial charge in [0.15, 0.2) is 0 Å². The summed E-state index contributed by atoms with van der Waals surface area (Å²) in [5.74, 6) is 0. The largest absolute Gasteiger partial charge is 0.377 e. The molecule has 18 heavy (non-hydrogen) atoms. The minimum Gasteiger partial charge on any atom is -0.377 e. The maximum Gasteiger partial charge on any atom is 0.0703 e. The Balaban J connectivity index is 2.20. The number of rotatable bonds is 4. The van der Waals surface area contributed by atoms with Gasteiger partial charge in [-0.25, -0.2) is 0 Å². The molecule has 0 saturated carbocycles. The second kappa shape index (κ2) is 5.78. The highest BCUT2D eigenvalue weighted by Gasteiger charge is 2.34. The minimum absolute atomic E-state index is 0.0395. The van der Waals surface area contributed by atoms with Crippen LogP contribution in [0.1, 0.15) is 32.0 Å². The molecule has 2 heterocycles. The number of pyridine rings is 1. The second-order valence-corrected chi connectivity index (χ2v) is 5.16. The van der Waals surface area contributed by atoms with Crippen LogP contribution in [0.15, 0.2) is 24.4 Å². The van der Waals surface area contributed by atoms with Gasteiger partial charge in [0.05, 0.1) is 17.8 Å². The van der Waals surface area contributed by atoms with Crippen LogP contribution >= 0.6 is 0 Å². The molecule has 2 N–H and O–H groups in total. The number of likely N-dealkylation sites (N-methyl/N-ethyl adjacent to an activating group) is 1. The maximum atomic E-state index is 6.16. The summed E-state index contributed by atoms with van der Waals surface area (Å²) in [6.45, 7) is 5.01. The molecule has 0 aliphatic carbocycles. The van der Waals surface area contributed by atoms with Gasteiger partial charge in [-0.15, -0.1) is 0 Å². The van der Waals surface area contributed by atoms with Gasteiger partial charge >= 0.3 is 0 Å². The van der Waals surface area contributed by atoms with E-state index in [9.17, 15) is 0 Å². The summed E-state index contributed by atoms with van der Waals surface area (Å²) in [5.41, 5.74) is 7.20. The summed E-state index contributed by atoms with van der Waals surface area (Å²) in [6.07, 6.45) is 3.15. The number of aromatic nitrogens is 1. The van der Waals surface area contributed by atoms with Gasteiger partial charge in [0.25, 0.3) is 0 Å². The Morgan fingerprint density at radius 1 is 1.50 bits per heavy atom. The van der Waals surface area contributed by atoms with E-state index < -0.39 is 0 Å². The van der Waals surface area contributed by atoms with Crippen LogP contribution in [0, 0.1) is 0 Å². The Hall–Kier alpha value is -0.970. The summed E-state index contributed by atoms with van der Waals surface area (Å²) in [4.78, 5) is 6.78. The molecule has 1 saturated heterocycles. The van der Waals surface area contributed by atoms with Crippen molar-refractivity contribution in [3.8, 4) is 0 Å². The van der Waals surface area contributed by atoms with Gasteiger partial charge in [-0.1, -0.05) is 6.07 Å². The minimum atomic E-state index is 0.0395. The van der Waals surface area contributed by atoms with Crippen LogP contribution in [0.4, 0.5) is 0 Å². The standard InChI is InChI=1S/C14H23N3O/c1-10(15)14(12-6-4-5-8-16-12)17(3)13-7-9-18-11(13)2/h4-6,8,10-11,13-14H,7,9,15H2,1-3H3. The van der Waals surface area contributed by atoms with Crippen LogP contribution in [-0.4, -0.2) is 41.7 Å². The SMILES string of the molecule is CC(N)C(c1ccccn1)N(C)C1CCOC1C. The van der Waals surface area contributed by atoms with E-state index in [0.29, 0.717) is 6.04 Å². The molecular weight excluding hydrogens is 226 g/mol. The number of nitrogens with two attached hydrogens (primary N) is 1. The van der Waals surface area contributed by atoms with Gasteiger partial charge in [-0.2, -0.15) is 0 Å². The van der Waals surface area contributed by atoms with E-state index in [1.54, 1.807) is 0 Å². The fraction of sp³-hybridized carbons (Fsp3) is 0.643. The van der Waals surface area contributed by atoms with Crippen molar-refractivity contribution in [2.45, 2.75) is 44.5 Å². The first-order valence-electron chi connectivity index (χ1n) is 6.61. The average molecular weight is 249 g/mol. The summed E-state index contributed by atoms with van der Waals surface area (Å²) in [7, 11) is 2.12. The lowest BCUT2D eigenvalue weighted by molar-refractivity contribution is 0.0616. The zero-order valence-corrected chi connectivity index (χ0v) is 11.4. The molecule has 0 amide bonds. The topological polar surface area (TPSA) is 51.4 Å². The molecule has 1 aliphatic rings. The van der Waals surface area contributed by atoms with Gasteiger partial charge in [0.2, 0.25) is 0 Å². The fourth-order valence-corrected chi connectivity index (χ4v) is 2.86. The maximum absolute atomic E-state index is 6.16. The lowest BCUT2D eigenvalue weighted by Gasteiger charge is -2.36. The monoisotopic (exact) mass is 249 g/mol. The molecule has 1 aromatic heterocycles. The molecule has 4 unspecified atom stereocenters. The predicted molar refractivity (Wildman–Crippen MR) is 72.2 cm³/mol. The normalized spacial score (nSPS) is 27.4. The highest BCUT2D eigenvalue weighted by molar-refractivity contribution is 5.11. The van der Waals surface area contributed by atoms with Crippen molar-refractivity contribution in [2.75, 3.05) is 13.7 Å². The van der Waals surface area contributed by atoms with Gasteiger partial charge in [-0.3, -0.25) is 9.88 Å². The van der Waals surface area contributed by atoms with Crippen LogP contribution in [0.25, 0.3) is 0 Å². The van der Waals surface area contributed by atoms with Crippen molar-refractivity contribution in [3.63, 3.8) is 0 Å². The first-order valence-corrected chi connectivity index (χ1v) is 6.61. The predicted octanol–water partition coefficient (Wildman–Crippen LogP) is 1.58. The van der Waals surface area contributed by atoms with Crippen LogP contribution in [0.5, 0.6) is 0 Å². The zero-order valence-electron chi connectivity index (χ0n) is 11.4. The van der Waals surface area contributed by atoms with Gasteiger partial charge in [0, 0.05) is 24.9 Å². The third kappa shape index (κ3) is 2.71. The first-order chi connectivity index (χ1) is 8.61. The Labute approximate surface area is 109 Å². The number of hydrogen-bond donors (Lipinski definition) is 1. The van der Waals surface area contributed by atoms with Gasteiger partial charge in [0.1, 0.15) is 0 Å². The number of ether oxygens (including phenoxy) is 1. The molecular formula is C14H23N3O. The van der Waals surface area contributed by atoms with Crippen LogP contribution in [0.2, 0.25) is 0 Å². The highest BCUT2D eigenvalue weighted by Crippen LogP contribution is 2.28. The summed E-state index contributed by atoms with van der Waals surface area (Å²) < 4.78 is 5.65. The molecule has 2 rings (SSSR count). The van der Waals surface area contributed by atoms with Crippen molar-refractivity contribution < 1.29 is 4.74 Å². The van der Waals surface area contributed by atoms with Gasteiger partial charge < -0.3 is 10.5 Å². The third-order valence-electron chi connectivity index (χ3n) is 3.79. The molecule has 100 valence electrons. The lowest BCUT2D eigenvalue weighted by Crippen LogP contribution is -2.45. The van der Waals surface area contributed by atoms with Crippen molar-refractivity contribution in [2.24, 2.45) is 5.73 Å². The zero-order chi connectivity index (χ0) is 13.1. The van der Waals surface area contributed by atoms with E-state index in [0.717, 1.165) is 18.7 Å². The van der Waals surface area contributed by atoms with Gasteiger partial charge in [-0.05, 0) is 39.4 Å². The summed E-state index contributed by atoms with van der Waals surface area (Å²) in [6, 6.07) is 6.59. The molecule has 1 aliphatic heterocycles. The Morgan fingerprint density at radius 3 is 2.78 bits per heavy atom. The third-order valence-corrected chi connectivity index (χ3v) is 3.79. The smallest absolute Gasteiger partial charge is 0.0703 e. The summed E-state index contributed by atoms with van der Waals surface area (Å²) in [5, 5.41) is 0. The fourth-order valence-electron chi connectivity index (χ4n) is 2.86. The Bertz CT molecular complexity index is 369. The molecule has 4 nitrogen and oxygen atoms in total. The Morgan fingerprint density at radius 2 is 2.28 bits per heavy atom. The Kier molecular flexibility index (Phi) is 4.32. The van der Waals surface area contributed by atoms with E-state index in [1.807, 2.05) is 31.3 Å². The van der Waals surface area contributed by atoms with E-state index in [2.05, 4.69) is 23.9 Å². The molecule has 0 radical (unpaired) electrons. The van der Waals surface area contributed by atoms with E-state index in [-0.39, 0.29) is 18.2 Å². The molecule has 0 spiro atoms. The van der Waals surface area contributed by atoms with E-state index >= 15 is 0 Å². The first kappa shape index (κ1) is 13.5. The molecule has 1 fully saturated rings. The molecule has 0 bridgehead atoms. The number of hydrogen-bond acceptors (Lipinski definition) is 4. The summed E-state index contributed by atoms with van der Waals surface area (Å²) >= 11 is 0. The highest BCUT2D eigenvalue weighted by atomic mass is 16.5. The lowest BCUT2D eigenvalue weighted by atomic mass is 10.0. The van der Waals surface area contributed by atoms with Crippen molar-refractivity contribution in [3.05, 3.63) is 30.1 Å².